The first-order valence-corrected chi connectivity index (χ1v) is 9.22. The monoisotopic (exact) mass is 383 g/mol. The minimum absolute atomic E-state index is 0.124. The van der Waals surface area contributed by atoms with Gasteiger partial charge in [0.25, 0.3) is 10.0 Å². The van der Waals surface area contributed by atoms with Gasteiger partial charge in [0.1, 0.15) is 17.3 Å². The van der Waals surface area contributed by atoms with Crippen LogP contribution in [0.4, 0.5) is 10.1 Å². The molecule has 2 rings (SSSR count). The Morgan fingerprint density at radius 2 is 1.81 bits per heavy atom. The first kappa shape index (κ1) is 19.5. The number of halogens is 1. The van der Waals surface area contributed by atoms with Gasteiger partial charge in [-0.15, -0.1) is 0 Å². The van der Waals surface area contributed by atoms with Crippen LogP contribution in [0.5, 0.6) is 11.5 Å². The van der Waals surface area contributed by atoms with E-state index in [1.54, 1.807) is 26.0 Å². The number of aromatic carboxylic acids is 1. The number of carboxylic acids is 1. The Morgan fingerprint density at radius 1 is 1.12 bits per heavy atom. The molecule has 0 radical (unpaired) electrons. The van der Waals surface area contributed by atoms with E-state index >= 15 is 0 Å². The summed E-state index contributed by atoms with van der Waals surface area (Å²) >= 11 is 0. The maximum Gasteiger partial charge on any atom is 0.338 e. The zero-order valence-corrected chi connectivity index (χ0v) is 15.0. The molecule has 0 saturated carbocycles. The van der Waals surface area contributed by atoms with Crippen molar-refractivity contribution >= 4 is 21.7 Å². The summed E-state index contributed by atoms with van der Waals surface area (Å²) in [5.41, 5.74) is -0.611. The molecule has 0 aliphatic carbocycles. The normalized spacial score (nSPS) is 11.0. The Labute approximate surface area is 150 Å². The summed E-state index contributed by atoms with van der Waals surface area (Å²) in [6.07, 6.45) is 0. The lowest BCUT2D eigenvalue weighted by molar-refractivity contribution is 0.0691. The highest BCUT2D eigenvalue weighted by molar-refractivity contribution is 7.92. The minimum Gasteiger partial charge on any atom is -0.494 e. The summed E-state index contributed by atoms with van der Waals surface area (Å²) in [6.45, 7) is 4.22. The van der Waals surface area contributed by atoms with Crippen molar-refractivity contribution in [1.82, 2.24) is 0 Å². The van der Waals surface area contributed by atoms with Crippen LogP contribution >= 0.6 is 0 Å². The van der Waals surface area contributed by atoms with Crippen molar-refractivity contribution in [3.8, 4) is 11.5 Å². The third-order valence-corrected chi connectivity index (χ3v) is 4.65. The van der Waals surface area contributed by atoms with Gasteiger partial charge in [0.05, 0.1) is 29.4 Å². The molecule has 2 aromatic carbocycles. The van der Waals surface area contributed by atoms with Crippen molar-refractivity contribution in [2.24, 2.45) is 0 Å². The van der Waals surface area contributed by atoms with E-state index in [1.165, 1.54) is 6.07 Å². The van der Waals surface area contributed by atoms with E-state index in [-0.39, 0.29) is 16.3 Å². The fourth-order valence-electron chi connectivity index (χ4n) is 2.17. The topological polar surface area (TPSA) is 102 Å². The Morgan fingerprint density at radius 3 is 2.42 bits per heavy atom. The Balaban J connectivity index is 2.44. The molecule has 26 heavy (non-hydrogen) atoms. The predicted octanol–water partition coefficient (Wildman–Crippen LogP) is 3.12. The number of benzene rings is 2. The van der Waals surface area contributed by atoms with Crippen LogP contribution in [0.3, 0.4) is 0 Å². The van der Waals surface area contributed by atoms with E-state index in [0.717, 1.165) is 18.2 Å². The Kier molecular flexibility index (Phi) is 6.04. The molecule has 0 bridgehead atoms. The summed E-state index contributed by atoms with van der Waals surface area (Å²) < 4.78 is 51.8. The molecule has 7 nitrogen and oxygen atoms in total. The fraction of sp³-hybridized carbons (Fsp3) is 0.235. The van der Waals surface area contributed by atoms with Crippen LogP contribution in [0.15, 0.2) is 41.3 Å². The summed E-state index contributed by atoms with van der Waals surface area (Å²) in [7, 11) is -4.17. The van der Waals surface area contributed by atoms with Crippen molar-refractivity contribution in [1.29, 1.82) is 0 Å². The van der Waals surface area contributed by atoms with Crippen molar-refractivity contribution in [2.45, 2.75) is 18.7 Å². The third kappa shape index (κ3) is 4.42. The second-order valence-electron chi connectivity index (χ2n) is 5.08. The highest BCUT2D eigenvalue weighted by atomic mass is 32.2. The van der Waals surface area contributed by atoms with Gasteiger partial charge in [-0.3, -0.25) is 4.72 Å². The highest BCUT2D eigenvalue weighted by Gasteiger charge is 2.21. The standard InChI is InChI=1S/C17H18FNO6S/c1-3-24-11-5-8-16(25-4-2)15(9-11)19-26(22,23)12-6-7-14(18)13(10-12)17(20)21/h5-10,19H,3-4H2,1-2H3,(H,20,21). The summed E-state index contributed by atoms with van der Waals surface area (Å²) in [6, 6.07) is 7.17. The first-order valence-electron chi connectivity index (χ1n) is 7.73. The number of sulfonamides is 1. The SMILES string of the molecule is CCOc1ccc(OCC)c(NS(=O)(=O)c2ccc(F)c(C(=O)O)c2)c1. The molecule has 0 spiro atoms. The van der Waals surface area contributed by atoms with Gasteiger partial charge < -0.3 is 14.6 Å². The fourth-order valence-corrected chi connectivity index (χ4v) is 3.25. The Bertz CT molecular complexity index is 913. The zero-order chi connectivity index (χ0) is 19.3. The van der Waals surface area contributed by atoms with E-state index in [1.807, 2.05) is 0 Å². The van der Waals surface area contributed by atoms with Crippen LogP contribution in [0, 0.1) is 5.82 Å². The van der Waals surface area contributed by atoms with Crippen molar-refractivity contribution < 1.29 is 32.2 Å². The molecule has 0 fully saturated rings. The number of carbonyl (C=O) groups is 1. The number of ether oxygens (including phenoxy) is 2. The molecule has 0 saturated heterocycles. The quantitative estimate of drug-likeness (QED) is 0.726. The average molecular weight is 383 g/mol. The molecule has 0 atom stereocenters. The lowest BCUT2D eigenvalue weighted by Gasteiger charge is -2.15. The maximum atomic E-state index is 13.5. The van der Waals surface area contributed by atoms with Crippen LogP contribution in [-0.4, -0.2) is 32.7 Å². The lowest BCUT2D eigenvalue weighted by atomic mass is 10.2. The van der Waals surface area contributed by atoms with Gasteiger partial charge in [-0.05, 0) is 44.2 Å². The zero-order valence-electron chi connectivity index (χ0n) is 14.2. The van der Waals surface area contributed by atoms with Gasteiger partial charge in [-0.25, -0.2) is 17.6 Å². The molecular weight excluding hydrogens is 365 g/mol. The van der Waals surface area contributed by atoms with Crippen molar-refractivity contribution in [3.63, 3.8) is 0 Å². The van der Waals surface area contributed by atoms with Gasteiger partial charge in [0, 0.05) is 6.07 Å². The van der Waals surface area contributed by atoms with Crippen LogP contribution in [-0.2, 0) is 10.0 Å². The molecule has 0 aliphatic rings. The van der Waals surface area contributed by atoms with Gasteiger partial charge >= 0.3 is 5.97 Å². The van der Waals surface area contributed by atoms with E-state index in [9.17, 15) is 17.6 Å². The molecular formula is C17H18FNO6S. The number of anilines is 1. The van der Waals surface area contributed by atoms with Gasteiger partial charge in [0.15, 0.2) is 0 Å². The molecule has 0 amide bonds. The van der Waals surface area contributed by atoms with E-state index in [2.05, 4.69) is 4.72 Å². The summed E-state index contributed by atoms with van der Waals surface area (Å²) in [4.78, 5) is 10.6. The number of carboxylic acid groups (broad SMARTS) is 1. The molecule has 140 valence electrons. The largest absolute Gasteiger partial charge is 0.494 e. The van der Waals surface area contributed by atoms with Crippen molar-refractivity contribution in [3.05, 3.63) is 47.8 Å². The van der Waals surface area contributed by atoms with Crippen LogP contribution < -0.4 is 14.2 Å². The van der Waals surface area contributed by atoms with Crippen LogP contribution in [0.1, 0.15) is 24.2 Å². The van der Waals surface area contributed by atoms with Gasteiger partial charge in [-0.1, -0.05) is 0 Å². The van der Waals surface area contributed by atoms with E-state index in [0.29, 0.717) is 19.0 Å². The maximum absolute atomic E-state index is 13.5. The van der Waals surface area contributed by atoms with Gasteiger partial charge in [0.2, 0.25) is 0 Å². The third-order valence-electron chi connectivity index (χ3n) is 3.28. The van der Waals surface area contributed by atoms with Gasteiger partial charge in [-0.2, -0.15) is 0 Å². The molecule has 0 aromatic heterocycles. The number of nitrogens with one attached hydrogen (secondary N) is 1. The average Bonchev–Trinajstić information content (AvgIpc) is 2.57. The van der Waals surface area contributed by atoms with Crippen LogP contribution in [0.2, 0.25) is 0 Å². The minimum atomic E-state index is -4.17. The molecule has 9 heteroatoms. The molecule has 0 unspecified atom stereocenters. The Hall–Kier alpha value is -2.81. The number of hydrogen-bond donors (Lipinski definition) is 2. The van der Waals surface area contributed by atoms with Crippen LogP contribution in [0.25, 0.3) is 0 Å². The smallest absolute Gasteiger partial charge is 0.338 e. The molecule has 0 heterocycles. The lowest BCUT2D eigenvalue weighted by Crippen LogP contribution is -2.15. The number of rotatable bonds is 8. The number of hydrogen-bond acceptors (Lipinski definition) is 5. The van der Waals surface area contributed by atoms with Crippen molar-refractivity contribution in [2.75, 3.05) is 17.9 Å². The second-order valence-corrected chi connectivity index (χ2v) is 6.76. The highest BCUT2D eigenvalue weighted by Crippen LogP contribution is 2.31. The summed E-state index contributed by atoms with van der Waals surface area (Å²) in [5, 5.41) is 8.96. The van der Waals surface area contributed by atoms with E-state index < -0.39 is 27.4 Å². The van der Waals surface area contributed by atoms with E-state index in [4.69, 9.17) is 14.6 Å². The molecule has 2 aromatic rings. The molecule has 0 aliphatic heterocycles. The predicted molar refractivity (Wildman–Crippen MR) is 92.9 cm³/mol. The first-order chi connectivity index (χ1) is 12.3. The molecule has 2 N–H and O–H groups in total. The summed E-state index contributed by atoms with van der Waals surface area (Å²) in [5.74, 6) is -1.88. The second kappa shape index (κ2) is 8.05.